The molecule has 2 aromatic heterocycles. The van der Waals surface area contributed by atoms with E-state index in [-0.39, 0.29) is 24.3 Å². The Hall–Kier alpha value is -3.87. The van der Waals surface area contributed by atoms with E-state index in [0.29, 0.717) is 48.1 Å². The molecule has 7 heteroatoms. The van der Waals surface area contributed by atoms with E-state index in [0.717, 1.165) is 58.8 Å². The van der Waals surface area contributed by atoms with Gasteiger partial charge in [-0.15, -0.1) is 0 Å². The third-order valence-corrected chi connectivity index (χ3v) is 9.23. The van der Waals surface area contributed by atoms with Gasteiger partial charge >= 0.3 is 5.63 Å². The molecule has 3 atom stereocenters. The summed E-state index contributed by atoms with van der Waals surface area (Å²) in [7, 11) is 0. The van der Waals surface area contributed by atoms with Crippen LogP contribution < -0.4 is 5.63 Å². The molecular weight excluding hydrogens is 492 g/mol. The third-order valence-electron chi connectivity index (χ3n) is 9.23. The van der Waals surface area contributed by atoms with Crippen molar-refractivity contribution in [3.63, 3.8) is 0 Å². The Morgan fingerprint density at radius 3 is 2.69 bits per heavy atom. The molecule has 3 unspecified atom stereocenters. The van der Waals surface area contributed by atoms with E-state index in [1.54, 1.807) is 6.26 Å². The van der Waals surface area contributed by atoms with Crippen LogP contribution in [-0.2, 0) is 16.0 Å². The monoisotopic (exact) mass is 524 g/mol. The number of nitrogens with zero attached hydrogens (tertiary/aromatic N) is 2. The van der Waals surface area contributed by atoms with Gasteiger partial charge in [0.05, 0.1) is 23.6 Å². The van der Waals surface area contributed by atoms with Gasteiger partial charge in [-0.3, -0.25) is 9.59 Å². The van der Waals surface area contributed by atoms with E-state index in [4.69, 9.17) is 8.83 Å². The molecule has 2 aromatic carbocycles. The minimum Gasteiger partial charge on any atom is -0.463 e. The molecule has 0 spiro atoms. The summed E-state index contributed by atoms with van der Waals surface area (Å²) < 4.78 is 11.9. The van der Waals surface area contributed by atoms with E-state index in [1.807, 2.05) is 55.1 Å². The maximum atomic E-state index is 13.6. The normalized spacial score (nSPS) is 22.9. The van der Waals surface area contributed by atoms with Crippen molar-refractivity contribution in [1.82, 2.24) is 9.80 Å². The summed E-state index contributed by atoms with van der Waals surface area (Å²) in [5, 5.41) is 1.73. The van der Waals surface area contributed by atoms with Crippen LogP contribution in [0.3, 0.4) is 0 Å². The minimum atomic E-state index is -0.469. The molecule has 0 radical (unpaired) electrons. The van der Waals surface area contributed by atoms with Crippen molar-refractivity contribution in [2.24, 2.45) is 11.8 Å². The van der Waals surface area contributed by atoms with Crippen LogP contribution in [0, 0.1) is 25.7 Å². The Morgan fingerprint density at radius 2 is 1.87 bits per heavy atom. The molecule has 200 valence electrons. The van der Waals surface area contributed by atoms with Crippen LogP contribution in [0.2, 0.25) is 0 Å². The first kappa shape index (κ1) is 24.2. The van der Waals surface area contributed by atoms with Gasteiger partial charge in [0.25, 0.3) is 0 Å². The molecule has 3 aliphatic heterocycles. The second-order valence-electron chi connectivity index (χ2n) is 11.6. The fourth-order valence-electron chi connectivity index (χ4n) is 7.40. The third kappa shape index (κ3) is 3.89. The predicted molar refractivity (Wildman–Crippen MR) is 148 cm³/mol. The van der Waals surface area contributed by atoms with E-state index >= 15 is 0 Å². The quantitative estimate of drug-likeness (QED) is 0.343. The van der Waals surface area contributed by atoms with Gasteiger partial charge in [0.15, 0.2) is 0 Å². The van der Waals surface area contributed by atoms with Crippen LogP contribution in [0.1, 0.15) is 42.4 Å². The summed E-state index contributed by atoms with van der Waals surface area (Å²) in [6, 6.07) is 12.2. The maximum absolute atomic E-state index is 13.6. The fraction of sp³-hybridized carbons (Fsp3) is 0.406. The number of rotatable bonds is 3. The summed E-state index contributed by atoms with van der Waals surface area (Å²) in [4.78, 5) is 43.2. The lowest BCUT2D eigenvalue weighted by Gasteiger charge is -2.52. The van der Waals surface area contributed by atoms with Gasteiger partial charge in [-0.1, -0.05) is 30.3 Å². The van der Waals surface area contributed by atoms with E-state index in [9.17, 15) is 14.4 Å². The van der Waals surface area contributed by atoms with Gasteiger partial charge < -0.3 is 18.6 Å². The maximum Gasteiger partial charge on any atom is 0.340 e. The van der Waals surface area contributed by atoms with Crippen molar-refractivity contribution in [2.75, 3.05) is 19.6 Å². The van der Waals surface area contributed by atoms with E-state index in [2.05, 4.69) is 4.90 Å². The zero-order valence-corrected chi connectivity index (χ0v) is 22.4. The number of carbonyl (C=O) groups is 2. The highest BCUT2D eigenvalue weighted by atomic mass is 16.4. The van der Waals surface area contributed by atoms with Crippen LogP contribution in [0.5, 0.6) is 0 Å². The summed E-state index contributed by atoms with van der Waals surface area (Å²) in [6.07, 6.45) is 5.41. The predicted octanol–water partition coefficient (Wildman–Crippen LogP) is 5.22. The molecule has 4 aromatic rings. The average molecular weight is 525 g/mol. The van der Waals surface area contributed by atoms with Crippen LogP contribution in [-0.4, -0.2) is 47.3 Å². The zero-order chi connectivity index (χ0) is 26.8. The largest absolute Gasteiger partial charge is 0.463 e. The molecule has 0 saturated carbocycles. The number of likely N-dealkylation sites (tertiary alicyclic amines) is 1. The number of aryl methyl sites for hydroxylation is 2. The zero-order valence-electron chi connectivity index (χ0n) is 22.4. The molecule has 2 amide bonds. The number of furan rings is 1. The molecule has 39 heavy (non-hydrogen) atoms. The lowest BCUT2D eigenvalue weighted by molar-refractivity contribution is -0.148. The minimum absolute atomic E-state index is 0.00151. The van der Waals surface area contributed by atoms with Gasteiger partial charge in [-0.25, -0.2) is 4.79 Å². The SMILES string of the molecule is Cc1cc2oc(=O)c(CC(=O)N3CC4CC(C3)C3CCCC(=O)N3C4)c(C)c2c2occ(-c3ccccc3)c12. The first-order chi connectivity index (χ1) is 18.9. The number of hydrogen-bond donors (Lipinski definition) is 0. The van der Waals surface area contributed by atoms with Crippen molar-refractivity contribution >= 4 is 33.8 Å². The number of amides is 2. The lowest BCUT2D eigenvalue weighted by atomic mass is 9.76. The first-order valence-electron chi connectivity index (χ1n) is 14.0. The number of piperidine rings is 3. The molecule has 7 nitrogen and oxygen atoms in total. The number of carbonyl (C=O) groups excluding carboxylic acids is 2. The van der Waals surface area contributed by atoms with Gasteiger partial charge in [-0.2, -0.15) is 0 Å². The molecule has 7 rings (SSSR count). The van der Waals surface area contributed by atoms with Crippen LogP contribution in [0.15, 0.2) is 56.3 Å². The first-order valence-corrected chi connectivity index (χ1v) is 14.0. The van der Waals surface area contributed by atoms with Gasteiger partial charge in [0, 0.05) is 43.0 Å². The lowest BCUT2D eigenvalue weighted by Crippen LogP contribution is -2.61. The molecule has 0 N–H and O–H groups in total. The Labute approximate surface area is 226 Å². The summed E-state index contributed by atoms with van der Waals surface area (Å²) in [6.45, 7) is 5.89. The highest BCUT2D eigenvalue weighted by Gasteiger charge is 2.44. The Bertz CT molecular complexity index is 1680. The Balaban J connectivity index is 1.23. The summed E-state index contributed by atoms with van der Waals surface area (Å²) in [5.41, 5.74) is 4.81. The van der Waals surface area contributed by atoms with Gasteiger partial charge in [0.1, 0.15) is 11.2 Å². The van der Waals surface area contributed by atoms with Crippen LogP contribution >= 0.6 is 0 Å². The molecule has 0 aliphatic carbocycles. The number of benzene rings is 2. The average Bonchev–Trinajstić information content (AvgIpc) is 3.37. The van der Waals surface area contributed by atoms with Gasteiger partial charge in [-0.05, 0) is 67.7 Å². The summed E-state index contributed by atoms with van der Waals surface area (Å²) >= 11 is 0. The fourth-order valence-corrected chi connectivity index (χ4v) is 7.40. The summed E-state index contributed by atoms with van der Waals surface area (Å²) in [5.74, 6) is 0.812. The second-order valence-corrected chi connectivity index (χ2v) is 11.6. The van der Waals surface area contributed by atoms with Crippen LogP contribution in [0.25, 0.3) is 33.1 Å². The molecular formula is C32H32N2O5. The Morgan fingerprint density at radius 1 is 1.05 bits per heavy atom. The smallest absolute Gasteiger partial charge is 0.340 e. The Kier molecular flexibility index (Phi) is 5.65. The standard InChI is InChI=1S/C32H32N2O5/c1-18-11-26-30(31-29(18)24(17-38-31)21-7-4-3-5-8-21)19(2)23(32(37)39-26)13-28(36)33-14-20-12-22(16-33)25-9-6-10-27(35)34(25)15-20/h3-5,7-8,11,17,20,22,25H,6,9-10,12-16H2,1-2H3. The van der Waals surface area contributed by atoms with Crippen molar-refractivity contribution < 1.29 is 18.4 Å². The topological polar surface area (TPSA) is 84.0 Å². The van der Waals surface area contributed by atoms with Crippen molar-refractivity contribution in [3.8, 4) is 11.1 Å². The van der Waals surface area contributed by atoms with Crippen molar-refractivity contribution in [1.29, 1.82) is 0 Å². The van der Waals surface area contributed by atoms with E-state index < -0.39 is 5.63 Å². The second kappa shape index (κ2) is 9.11. The van der Waals surface area contributed by atoms with Gasteiger partial charge in [0.2, 0.25) is 11.8 Å². The number of fused-ring (bicyclic) bond motifs is 7. The molecule has 2 bridgehead atoms. The molecule has 3 fully saturated rings. The number of hydrogen-bond acceptors (Lipinski definition) is 5. The van der Waals surface area contributed by atoms with Crippen molar-refractivity contribution in [2.45, 2.75) is 52.0 Å². The van der Waals surface area contributed by atoms with Crippen molar-refractivity contribution in [3.05, 3.63) is 69.8 Å². The molecule has 3 saturated heterocycles. The highest BCUT2D eigenvalue weighted by Crippen LogP contribution is 2.40. The van der Waals surface area contributed by atoms with E-state index in [1.165, 1.54) is 0 Å². The highest BCUT2D eigenvalue weighted by molar-refractivity contribution is 6.11. The van der Waals surface area contributed by atoms with Crippen LogP contribution in [0.4, 0.5) is 0 Å². The molecule has 5 heterocycles. The molecule has 3 aliphatic rings.